The van der Waals surface area contributed by atoms with Crippen molar-refractivity contribution in [2.24, 2.45) is 0 Å². The van der Waals surface area contributed by atoms with E-state index in [0.29, 0.717) is 6.54 Å². The Labute approximate surface area is 116 Å². The number of hydrogen-bond donors (Lipinski definition) is 2. The van der Waals surface area contributed by atoms with Crippen LogP contribution in [0.4, 0.5) is 10.1 Å². The van der Waals surface area contributed by atoms with E-state index < -0.39 is 26.8 Å². The number of nitrogen functional groups attached to an aromatic ring is 1. The molecule has 0 spiro atoms. The highest BCUT2D eigenvalue weighted by atomic mass is 32.2. The minimum Gasteiger partial charge on any atom is -0.398 e. The SMILES string of the molecule is CC(Cn1cccn1)NS(=O)(=O)c1c(N)cccc1F. The lowest BCUT2D eigenvalue weighted by molar-refractivity contribution is 0.490. The topological polar surface area (TPSA) is 90.0 Å². The van der Waals surface area contributed by atoms with Crippen molar-refractivity contribution in [3.05, 3.63) is 42.5 Å². The van der Waals surface area contributed by atoms with E-state index in [9.17, 15) is 12.8 Å². The first-order chi connectivity index (χ1) is 9.40. The molecule has 1 atom stereocenters. The first-order valence-corrected chi connectivity index (χ1v) is 7.42. The highest BCUT2D eigenvalue weighted by Gasteiger charge is 2.24. The quantitative estimate of drug-likeness (QED) is 0.805. The molecule has 0 fully saturated rings. The Morgan fingerprint density at radius 3 is 2.80 bits per heavy atom. The maximum atomic E-state index is 13.7. The number of nitrogens with zero attached hydrogens (tertiary/aromatic N) is 2. The van der Waals surface area contributed by atoms with Crippen LogP contribution in [0.2, 0.25) is 0 Å². The monoisotopic (exact) mass is 298 g/mol. The molecule has 0 saturated heterocycles. The van der Waals surface area contributed by atoms with E-state index in [-0.39, 0.29) is 5.69 Å². The molecule has 1 aromatic carbocycles. The summed E-state index contributed by atoms with van der Waals surface area (Å²) < 4.78 is 41.9. The summed E-state index contributed by atoms with van der Waals surface area (Å²) in [6, 6.07) is 5.03. The number of aromatic nitrogens is 2. The molecule has 8 heteroatoms. The highest BCUT2D eigenvalue weighted by Crippen LogP contribution is 2.21. The minimum absolute atomic E-state index is 0.121. The Balaban J connectivity index is 2.19. The molecule has 0 saturated carbocycles. The average molecular weight is 298 g/mol. The summed E-state index contributed by atoms with van der Waals surface area (Å²) in [6.45, 7) is 2.00. The van der Waals surface area contributed by atoms with Crippen LogP contribution in [-0.4, -0.2) is 24.2 Å². The second-order valence-corrected chi connectivity index (χ2v) is 6.06. The number of benzene rings is 1. The van der Waals surface area contributed by atoms with Gasteiger partial charge < -0.3 is 5.73 Å². The number of nitrogens with one attached hydrogen (secondary N) is 1. The third-order valence-corrected chi connectivity index (χ3v) is 4.32. The van der Waals surface area contributed by atoms with Gasteiger partial charge in [-0.25, -0.2) is 17.5 Å². The van der Waals surface area contributed by atoms with Crippen molar-refractivity contribution in [3.8, 4) is 0 Å². The van der Waals surface area contributed by atoms with E-state index in [1.807, 2.05) is 0 Å². The van der Waals surface area contributed by atoms with Crippen molar-refractivity contribution >= 4 is 15.7 Å². The lowest BCUT2D eigenvalue weighted by atomic mass is 10.3. The summed E-state index contributed by atoms with van der Waals surface area (Å²) in [4.78, 5) is -0.521. The maximum Gasteiger partial charge on any atom is 0.245 e. The van der Waals surface area contributed by atoms with E-state index in [0.717, 1.165) is 6.07 Å². The van der Waals surface area contributed by atoms with Crippen molar-refractivity contribution in [2.75, 3.05) is 5.73 Å². The van der Waals surface area contributed by atoms with E-state index in [2.05, 4.69) is 9.82 Å². The predicted octanol–water partition coefficient (Wildman–Crippen LogP) is 0.971. The molecule has 0 bridgehead atoms. The van der Waals surface area contributed by atoms with E-state index in [4.69, 9.17) is 5.73 Å². The summed E-state index contributed by atoms with van der Waals surface area (Å²) >= 11 is 0. The number of nitrogens with two attached hydrogens (primary N) is 1. The number of halogens is 1. The van der Waals surface area contributed by atoms with E-state index >= 15 is 0 Å². The van der Waals surface area contributed by atoms with Crippen LogP contribution in [0.3, 0.4) is 0 Å². The van der Waals surface area contributed by atoms with Crippen molar-refractivity contribution in [1.29, 1.82) is 0 Å². The standard InChI is InChI=1S/C12H15FN4O2S/c1-9(8-17-7-3-6-15-17)16-20(18,19)12-10(13)4-2-5-11(12)14/h2-7,9,16H,8,14H2,1H3. The van der Waals surface area contributed by atoms with Gasteiger partial charge in [0.15, 0.2) is 0 Å². The Kier molecular flexibility index (Phi) is 4.05. The fourth-order valence-corrected chi connectivity index (χ4v) is 3.28. The van der Waals surface area contributed by atoms with Gasteiger partial charge in [0.1, 0.15) is 10.7 Å². The maximum absolute atomic E-state index is 13.7. The average Bonchev–Trinajstić information content (AvgIpc) is 2.79. The molecular weight excluding hydrogens is 283 g/mol. The van der Waals surface area contributed by atoms with Gasteiger partial charge in [-0.15, -0.1) is 0 Å². The number of rotatable bonds is 5. The number of hydrogen-bond acceptors (Lipinski definition) is 4. The van der Waals surface area contributed by atoms with Gasteiger partial charge >= 0.3 is 0 Å². The second-order valence-electron chi connectivity index (χ2n) is 4.41. The van der Waals surface area contributed by atoms with Crippen molar-refractivity contribution in [2.45, 2.75) is 24.4 Å². The Hall–Kier alpha value is -1.93. The van der Waals surface area contributed by atoms with Crippen molar-refractivity contribution in [1.82, 2.24) is 14.5 Å². The van der Waals surface area contributed by atoms with Gasteiger partial charge in [-0.05, 0) is 25.1 Å². The second kappa shape index (κ2) is 5.59. The first kappa shape index (κ1) is 14.5. The molecule has 1 heterocycles. The Bertz CT molecular complexity index is 665. The third-order valence-electron chi connectivity index (χ3n) is 2.64. The van der Waals surface area contributed by atoms with Gasteiger partial charge in [0, 0.05) is 18.4 Å². The Morgan fingerprint density at radius 2 is 2.20 bits per heavy atom. The van der Waals surface area contributed by atoms with Crippen LogP contribution >= 0.6 is 0 Å². The lowest BCUT2D eigenvalue weighted by Crippen LogP contribution is -2.36. The highest BCUT2D eigenvalue weighted by molar-refractivity contribution is 7.89. The molecule has 1 unspecified atom stereocenters. The summed E-state index contributed by atoms with van der Waals surface area (Å²) in [6.07, 6.45) is 3.30. The first-order valence-electron chi connectivity index (χ1n) is 5.94. The van der Waals surface area contributed by atoms with Gasteiger partial charge in [0.25, 0.3) is 0 Å². The minimum atomic E-state index is -4.02. The van der Waals surface area contributed by atoms with Crippen LogP contribution in [-0.2, 0) is 16.6 Å². The number of anilines is 1. The van der Waals surface area contributed by atoms with Crippen LogP contribution in [0.15, 0.2) is 41.6 Å². The summed E-state index contributed by atoms with van der Waals surface area (Å²) in [7, 11) is -4.02. The van der Waals surface area contributed by atoms with Crippen LogP contribution < -0.4 is 10.5 Å². The largest absolute Gasteiger partial charge is 0.398 e. The van der Waals surface area contributed by atoms with Crippen LogP contribution in [0.25, 0.3) is 0 Å². The van der Waals surface area contributed by atoms with Gasteiger partial charge in [0.2, 0.25) is 10.0 Å². The third kappa shape index (κ3) is 3.14. The molecule has 0 amide bonds. The van der Waals surface area contributed by atoms with Crippen LogP contribution in [0.5, 0.6) is 0 Å². The molecule has 0 aliphatic carbocycles. The summed E-state index contributed by atoms with van der Waals surface area (Å²) in [5.74, 6) is -0.871. The fourth-order valence-electron chi connectivity index (χ4n) is 1.86. The lowest BCUT2D eigenvalue weighted by Gasteiger charge is -2.15. The predicted molar refractivity (Wildman–Crippen MR) is 72.8 cm³/mol. The molecule has 0 radical (unpaired) electrons. The fraction of sp³-hybridized carbons (Fsp3) is 0.250. The molecule has 2 aromatic rings. The molecule has 6 nitrogen and oxygen atoms in total. The molecule has 1 aromatic heterocycles. The summed E-state index contributed by atoms with van der Waals surface area (Å²) in [5.41, 5.74) is 5.42. The van der Waals surface area contributed by atoms with Crippen molar-refractivity contribution < 1.29 is 12.8 Å². The number of sulfonamides is 1. The van der Waals surface area contributed by atoms with E-state index in [1.54, 1.807) is 30.1 Å². The normalized spacial score (nSPS) is 13.3. The zero-order chi connectivity index (χ0) is 14.8. The van der Waals surface area contributed by atoms with Crippen molar-refractivity contribution in [3.63, 3.8) is 0 Å². The van der Waals surface area contributed by atoms with Crippen LogP contribution in [0, 0.1) is 5.82 Å². The smallest absolute Gasteiger partial charge is 0.245 e. The Morgan fingerprint density at radius 1 is 1.45 bits per heavy atom. The van der Waals surface area contributed by atoms with E-state index in [1.165, 1.54) is 12.1 Å². The van der Waals surface area contributed by atoms with Crippen LogP contribution in [0.1, 0.15) is 6.92 Å². The van der Waals surface area contributed by atoms with Gasteiger partial charge in [-0.3, -0.25) is 4.68 Å². The molecule has 108 valence electrons. The molecule has 0 aliphatic rings. The molecule has 3 N–H and O–H groups in total. The van der Waals surface area contributed by atoms with Gasteiger partial charge in [-0.1, -0.05) is 6.07 Å². The van der Waals surface area contributed by atoms with Gasteiger partial charge in [0.05, 0.1) is 12.2 Å². The molecule has 0 aliphatic heterocycles. The zero-order valence-electron chi connectivity index (χ0n) is 10.8. The summed E-state index contributed by atoms with van der Waals surface area (Å²) in [5, 5.41) is 3.98. The molecule has 2 rings (SSSR count). The molecular formula is C12H15FN4O2S. The zero-order valence-corrected chi connectivity index (χ0v) is 11.6. The molecule has 20 heavy (non-hydrogen) atoms. The van der Waals surface area contributed by atoms with Gasteiger partial charge in [-0.2, -0.15) is 5.10 Å².